The summed E-state index contributed by atoms with van der Waals surface area (Å²) in [6.45, 7) is 9.77. The summed E-state index contributed by atoms with van der Waals surface area (Å²) >= 11 is 0. The highest BCUT2D eigenvalue weighted by molar-refractivity contribution is 5.97. The highest BCUT2D eigenvalue weighted by Gasteiger charge is 2.18. The Morgan fingerprint density at radius 1 is 1.00 bits per heavy atom. The number of furan rings is 1. The van der Waals surface area contributed by atoms with Crippen LogP contribution in [-0.2, 0) is 6.54 Å². The van der Waals surface area contributed by atoms with Gasteiger partial charge in [0.2, 0.25) is 0 Å². The van der Waals surface area contributed by atoms with Gasteiger partial charge in [0, 0.05) is 37.3 Å². The quantitative estimate of drug-likeness (QED) is 0.485. The molecular weight excluding hydrogens is 414 g/mol. The summed E-state index contributed by atoms with van der Waals surface area (Å²) in [6.07, 6.45) is 0. The Bertz CT molecular complexity index is 914. The lowest BCUT2D eigenvalue weighted by Gasteiger charge is -2.30. The summed E-state index contributed by atoms with van der Waals surface area (Å²) in [4.78, 5) is 27.1. The normalized spacial score (nSPS) is 11.2. The summed E-state index contributed by atoms with van der Waals surface area (Å²) in [5.41, 5.74) is 0.0343. The van der Waals surface area contributed by atoms with Crippen molar-refractivity contribution in [1.29, 1.82) is 0 Å². The molecule has 0 fully saturated rings. The van der Waals surface area contributed by atoms with Gasteiger partial charge in [-0.2, -0.15) is 0 Å². The molecule has 9 nitrogen and oxygen atoms in total. The third-order valence-corrected chi connectivity index (χ3v) is 5.04. The van der Waals surface area contributed by atoms with Gasteiger partial charge in [0.25, 0.3) is 11.8 Å². The van der Waals surface area contributed by atoms with Crippen LogP contribution in [0.25, 0.3) is 0 Å². The number of methoxy groups -OCH3 is 2. The molecule has 2 rings (SSSR count). The maximum atomic E-state index is 12.5. The van der Waals surface area contributed by atoms with E-state index in [2.05, 4.69) is 43.2 Å². The number of amides is 2. The van der Waals surface area contributed by atoms with Crippen molar-refractivity contribution in [3.63, 3.8) is 0 Å². The van der Waals surface area contributed by atoms with Gasteiger partial charge in [0.15, 0.2) is 17.3 Å². The van der Waals surface area contributed by atoms with Crippen molar-refractivity contribution in [1.82, 2.24) is 15.5 Å². The van der Waals surface area contributed by atoms with Gasteiger partial charge >= 0.3 is 0 Å². The molecule has 32 heavy (non-hydrogen) atoms. The number of hydrogen-bond acceptors (Lipinski definition) is 7. The van der Waals surface area contributed by atoms with Gasteiger partial charge in [-0.05, 0) is 39.8 Å². The van der Waals surface area contributed by atoms with Crippen molar-refractivity contribution in [2.45, 2.75) is 46.3 Å². The Hall–Kier alpha value is -3.20. The van der Waals surface area contributed by atoms with Crippen LogP contribution in [0.5, 0.6) is 17.2 Å². The smallest absolute Gasteiger partial charge is 0.287 e. The molecule has 176 valence electrons. The summed E-state index contributed by atoms with van der Waals surface area (Å²) in [7, 11) is 2.88. The molecular formula is C23H33N3O6. The van der Waals surface area contributed by atoms with Crippen LogP contribution in [-0.4, -0.2) is 61.2 Å². The SMILES string of the molecule is COc1cc(O)c(C(=O)NCc2ccc(C(=O)NCCN(C(C)C)C(C)C)o2)cc1OC. The van der Waals surface area contributed by atoms with Gasteiger partial charge in [0.05, 0.1) is 26.3 Å². The fraction of sp³-hybridized carbons (Fsp3) is 0.478. The van der Waals surface area contributed by atoms with E-state index in [-0.39, 0.29) is 29.5 Å². The number of rotatable bonds is 11. The zero-order chi connectivity index (χ0) is 23.8. The zero-order valence-corrected chi connectivity index (χ0v) is 19.5. The first-order valence-corrected chi connectivity index (χ1v) is 10.5. The van der Waals surface area contributed by atoms with Gasteiger partial charge in [0.1, 0.15) is 11.5 Å². The van der Waals surface area contributed by atoms with Crippen LogP contribution in [0.3, 0.4) is 0 Å². The number of hydrogen-bond donors (Lipinski definition) is 3. The van der Waals surface area contributed by atoms with Crippen LogP contribution in [0.4, 0.5) is 0 Å². The van der Waals surface area contributed by atoms with Crippen LogP contribution in [0.1, 0.15) is 54.4 Å². The Kier molecular flexibility index (Phi) is 8.95. The van der Waals surface area contributed by atoms with Crippen LogP contribution >= 0.6 is 0 Å². The number of aromatic hydroxyl groups is 1. The molecule has 1 heterocycles. The molecule has 0 aliphatic heterocycles. The molecule has 1 aromatic heterocycles. The first kappa shape index (κ1) is 25.1. The molecule has 0 saturated carbocycles. The van der Waals surface area contributed by atoms with Crippen molar-refractivity contribution in [2.24, 2.45) is 0 Å². The fourth-order valence-electron chi connectivity index (χ4n) is 3.41. The van der Waals surface area contributed by atoms with Crippen LogP contribution in [0.2, 0.25) is 0 Å². The number of carbonyl (C=O) groups is 2. The molecule has 9 heteroatoms. The van der Waals surface area contributed by atoms with E-state index < -0.39 is 5.91 Å². The van der Waals surface area contributed by atoms with Gasteiger partial charge < -0.3 is 29.6 Å². The highest BCUT2D eigenvalue weighted by Crippen LogP contribution is 2.33. The lowest BCUT2D eigenvalue weighted by Crippen LogP contribution is -2.42. The molecule has 0 unspecified atom stereocenters. The molecule has 0 radical (unpaired) electrons. The molecule has 0 aliphatic carbocycles. The van der Waals surface area contributed by atoms with E-state index in [1.807, 2.05) is 0 Å². The van der Waals surface area contributed by atoms with E-state index in [0.717, 1.165) is 6.54 Å². The lowest BCUT2D eigenvalue weighted by molar-refractivity contribution is 0.0910. The molecule has 2 aromatic rings. The molecule has 0 saturated heterocycles. The highest BCUT2D eigenvalue weighted by atomic mass is 16.5. The van der Waals surface area contributed by atoms with Crippen molar-refractivity contribution in [2.75, 3.05) is 27.3 Å². The lowest BCUT2D eigenvalue weighted by atomic mass is 10.1. The van der Waals surface area contributed by atoms with E-state index in [9.17, 15) is 14.7 Å². The Labute approximate surface area is 188 Å². The molecule has 0 aliphatic rings. The number of carbonyl (C=O) groups excluding carboxylic acids is 2. The van der Waals surface area contributed by atoms with Gasteiger partial charge in [-0.1, -0.05) is 0 Å². The molecule has 3 N–H and O–H groups in total. The van der Waals surface area contributed by atoms with E-state index in [1.165, 1.54) is 26.4 Å². The van der Waals surface area contributed by atoms with Crippen LogP contribution in [0.15, 0.2) is 28.7 Å². The number of nitrogens with zero attached hydrogens (tertiary/aromatic N) is 1. The second kappa shape index (κ2) is 11.4. The Morgan fingerprint density at radius 3 is 2.22 bits per heavy atom. The fourth-order valence-corrected chi connectivity index (χ4v) is 3.41. The number of ether oxygens (including phenoxy) is 2. The van der Waals surface area contributed by atoms with E-state index >= 15 is 0 Å². The third-order valence-electron chi connectivity index (χ3n) is 5.04. The van der Waals surface area contributed by atoms with Crippen molar-refractivity contribution >= 4 is 11.8 Å². The van der Waals surface area contributed by atoms with Gasteiger partial charge in [-0.15, -0.1) is 0 Å². The topological polar surface area (TPSA) is 113 Å². The van der Waals surface area contributed by atoms with E-state index in [4.69, 9.17) is 13.9 Å². The minimum Gasteiger partial charge on any atom is -0.507 e. The average molecular weight is 448 g/mol. The van der Waals surface area contributed by atoms with E-state index in [0.29, 0.717) is 35.9 Å². The molecule has 2 amide bonds. The molecule has 0 atom stereocenters. The summed E-state index contributed by atoms with van der Waals surface area (Å²) in [5.74, 6) is 0.143. The third kappa shape index (κ3) is 6.40. The first-order valence-electron chi connectivity index (χ1n) is 10.5. The maximum Gasteiger partial charge on any atom is 0.287 e. The standard InChI is InChI=1S/C23H33N3O6/c1-14(2)26(15(3)4)10-9-24-23(29)19-8-7-16(32-19)13-25-22(28)17-11-20(30-5)21(31-6)12-18(17)27/h7-8,11-12,14-15,27H,9-10,13H2,1-6H3,(H,24,29)(H,25,28). The Morgan fingerprint density at radius 2 is 1.62 bits per heavy atom. The van der Waals surface area contributed by atoms with E-state index in [1.54, 1.807) is 12.1 Å². The number of phenolic OH excluding ortho intramolecular Hbond substituents is 1. The van der Waals surface area contributed by atoms with Crippen molar-refractivity contribution in [3.8, 4) is 17.2 Å². The van der Waals surface area contributed by atoms with Crippen LogP contribution < -0.4 is 20.1 Å². The van der Waals surface area contributed by atoms with Crippen molar-refractivity contribution in [3.05, 3.63) is 41.3 Å². The minimum atomic E-state index is -0.520. The summed E-state index contributed by atoms with van der Waals surface area (Å²) < 4.78 is 15.8. The first-order chi connectivity index (χ1) is 15.2. The predicted octanol–water partition coefficient (Wildman–Crippen LogP) is 2.78. The Balaban J connectivity index is 1.92. The summed E-state index contributed by atoms with van der Waals surface area (Å²) in [6, 6.07) is 6.66. The number of benzene rings is 1. The van der Waals surface area contributed by atoms with Gasteiger partial charge in [-0.3, -0.25) is 14.5 Å². The second-order valence-corrected chi connectivity index (χ2v) is 7.85. The number of phenols is 1. The second-order valence-electron chi connectivity index (χ2n) is 7.85. The average Bonchev–Trinajstić information content (AvgIpc) is 3.23. The minimum absolute atomic E-state index is 0.0343. The predicted molar refractivity (Wildman–Crippen MR) is 120 cm³/mol. The maximum absolute atomic E-state index is 12.5. The van der Waals surface area contributed by atoms with Crippen molar-refractivity contribution < 1.29 is 28.6 Å². The number of nitrogens with one attached hydrogen (secondary N) is 2. The molecule has 0 bridgehead atoms. The van der Waals surface area contributed by atoms with Crippen LogP contribution in [0, 0.1) is 0 Å². The molecule has 0 spiro atoms. The zero-order valence-electron chi connectivity index (χ0n) is 19.5. The summed E-state index contributed by atoms with van der Waals surface area (Å²) in [5, 5.41) is 15.6. The monoisotopic (exact) mass is 447 g/mol. The molecule has 1 aromatic carbocycles. The van der Waals surface area contributed by atoms with Gasteiger partial charge in [-0.25, -0.2) is 0 Å². The largest absolute Gasteiger partial charge is 0.507 e.